The highest BCUT2D eigenvalue weighted by Gasteiger charge is 2.35. The van der Waals surface area contributed by atoms with Crippen molar-refractivity contribution in [1.29, 1.82) is 0 Å². The normalized spacial score (nSPS) is 22.2. The molecule has 0 spiro atoms. The quantitative estimate of drug-likeness (QED) is 0.914. The van der Waals surface area contributed by atoms with Crippen LogP contribution in [0.2, 0.25) is 0 Å². The zero-order valence-electron chi connectivity index (χ0n) is 12.0. The van der Waals surface area contributed by atoms with Crippen LogP contribution in [0.3, 0.4) is 0 Å². The molecule has 1 unspecified atom stereocenters. The molecule has 3 rings (SSSR count). The van der Waals surface area contributed by atoms with E-state index in [4.69, 9.17) is 0 Å². The second kappa shape index (κ2) is 4.93. The number of nitrogens with one attached hydrogen (secondary N) is 1. The van der Waals surface area contributed by atoms with E-state index in [9.17, 15) is 9.59 Å². The number of amides is 2. The maximum atomic E-state index is 12.1. The molecule has 1 saturated heterocycles. The Labute approximate surface area is 119 Å². The second-order valence-electron chi connectivity index (χ2n) is 5.96. The van der Waals surface area contributed by atoms with Gasteiger partial charge in [-0.2, -0.15) is 0 Å². The van der Waals surface area contributed by atoms with Crippen molar-refractivity contribution >= 4 is 17.5 Å². The molecule has 4 heteroatoms. The van der Waals surface area contributed by atoms with Crippen LogP contribution >= 0.6 is 0 Å². The number of anilines is 1. The molecule has 1 aromatic carbocycles. The van der Waals surface area contributed by atoms with Gasteiger partial charge in [-0.25, -0.2) is 0 Å². The van der Waals surface area contributed by atoms with E-state index in [1.165, 1.54) is 11.1 Å². The van der Waals surface area contributed by atoms with E-state index in [2.05, 4.69) is 12.2 Å². The average molecular weight is 272 g/mol. The van der Waals surface area contributed by atoms with Crippen LogP contribution in [0.4, 0.5) is 5.69 Å². The summed E-state index contributed by atoms with van der Waals surface area (Å²) in [4.78, 5) is 25.7. The lowest BCUT2D eigenvalue weighted by Crippen LogP contribution is -2.38. The lowest BCUT2D eigenvalue weighted by Gasteiger charge is -2.18. The Balaban J connectivity index is 1.69. The van der Waals surface area contributed by atoms with Crippen LogP contribution in [-0.2, 0) is 9.59 Å². The van der Waals surface area contributed by atoms with Crippen molar-refractivity contribution in [3.05, 3.63) is 29.3 Å². The molecule has 0 aromatic heterocycles. The van der Waals surface area contributed by atoms with Gasteiger partial charge in [-0.05, 0) is 49.9 Å². The van der Waals surface area contributed by atoms with Gasteiger partial charge in [0.1, 0.15) is 0 Å². The summed E-state index contributed by atoms with van der Waals surface area (Å²) in [6.45, 7) is 4.69. The van der Waals surface area contributed by atoms with Crippen LogP contribution in [0.25, 0.3) is 0 Å². The zero-order chi connectivity index (χ0) is 14.3. The third-order valence-corrected chi connectivity index (χ3v) is 4.22. The van der Waals surface area contributed by atoms with Gasteiger partial charge in [0.25, 0.3) is 0 Å². The van der Waals surface area contributed by atoms with Crippen molar-refractivity contribution in [2.45, 2.75) is 39.2 Å². The second-order valence-corrected chi connectivity index (χ2v) is 5.96. The molecule has 1 aliphatic carbocycles. The smallest absolute Gasteiger partial charge is 0.229 e. The van der Waals surface area contributed by atoms with Crippen molar-refractivity contribution in [2.24, 2.45) is 5.92 Å². The van der Waals surface area contributed by atoms with Crippen LogP contribution in [0.1, 0.15) is 30.4 Å². The van der Waals surface area contributed by atoms with E-state index in [0.29, 0.717) is 13.0 Å². The molecule has 0 bridgehead atoms. The molecular weight excluding hydrogens is 252 g/mol. The minimum atomic E-state index is -0.0443. The van der Waals surface area contributed by atoms with Crippen LogP contribution in [0, 0.1) is 19.8 Å². The molecule has 106 valence electrons. The molecule has 2 aliphatic rings. The van der Waals surface area contributed by atoms with Gasteiger partial charge in [0.15, 0.2) is 0 Å². The summed E-state index contributed by atoms with van der Waals surface area (Å²) in [7, 11) is 0. The third-order valence-electron chi connectivity index (χ3n) is 4.22. The van der Waals surface area contributed by atoms with E-state index < -0.39 is 0 Å². The monoisotopic (exact) mass is 272 g/mol. The maximum Gasteiger partial charge on any atom is 0.229 e. The van der Waals surface area contributed by atoms with Crippen LogP contribution in [0.5, 0.6) is 0 Å². The topological polar surface area (TPSA) is 49.4 Å². The van der Waals surface area contributed by atoms with Gasteiger partial charge >= 0.3 is 0 Å². The molecule has 1 saturated carbocycles. The van der Waals surface area contributed by atoms with Gasteiger partial charge < -0.3 is 10.2 Å². The molecular formula is C16H20N2O2. The molecule has 0 radical (unpaired) electrons. The van der Waals surface area contributed by atoms with Crippen molar-refractivity contribution in [2.75, 3.05) is 11.4 Å². The molecule has 1 N–H and O–H groups in total. The summed E-state index contributed by atoms with van der Waals surface area (Å²) in [5.74, 6) is 0.403. The summed E-state index contributed by atoms with van der Waals surface area (Å²) in [6, 6.07) is 6.01. The maximum absolute atomic E-state index is 12.1. The van der Waals surface area contributed by atoms with Crippen molar-refractivity contribution in [3.8, 4) is 0 Å². The fourth-order valence-electron chi connectivity index (χ4n) is 2.61. The average Bonchev–Trinajstić information content (AvgIpc) is 3.18. The first-order chi connectivity index (χ1) is 9.54. The number of carbonyl (C=O) groups excluding carboxylic acids is 2. The van der Waals surface area contributed by atoms with Crippen molar-refractivity contribution in [1.82, 2.24) is 5.32 Å². The number of nitrogens with zero attached hydrogens (tertiary/aromatic N) is 1. The van der Waals surface area contributed by atoms with Gasteiger partial charge in [0.2, 0.25) is 11.8 Å². The highest BCUT2D eigenvalue weighted by atomic mass is 16.2. The van der Waals surface area contributed by atoms with E-state index in [1.807, 2.05) is 25.1 Å². The number of hydrogen-bond acceptors (Lipinski definition) is 2. The fraction of sp³-hybridized carbons (Fsp3) is 0.500. The predicted molar refractivity (Wildman–Crippen MR) is 77.5 cm³/mol. The first kappa shape index (κ1) is 13.2. The van der Waals surface area contributed by atoms with Gasteiger partial charge in [-0.1, -0.05) is 6.07 Å². The minimum Gasteiger partial charge on any atom is -0.351 e. The SMILES string of the molecule is Cc1ccc(N2CC(NC(=O)C3CC3)CC2=O)cc1C. The first-order valence-corrected chi connectivity index (χ1v) is 7.22. The Morgan fingerprint density at radius 1 is 1.25 bits per heavy atom. The first-order valence-electron chi connectivity index (χ1n) is 7.22. The molecule has 2 fully saturated rings. The Hall–Kier alpha value is -1.84. The van der Waals surface area contributed by atoms with Crippen LogP contribution in [-0.4, -0.2) is 24.4 Å². The molecule has 20 heavy (non-hydrogen) atoms. The lowest BCUT2D eigenvalue weighted by atomic mass is 10.1. The molecule has 4 nitrogen and oxygen atoms in total. The summed E-state index contributed by atoms with van der Waals surface area (Å²) >= 11 is 0. The van der Waals surface area contributed by atoms with Gasteiger partial charge in [0.05, 0.1) is 6.04 Å². The number of hydrogen-bond donors (Lipinski definition) is 1. The van der Waals surface area contributed by atoms with E-state index >= 15 is 0 Å². The zero-order valence-corrected chi connectivity index (χ0v) is 12.0. The van der Waals surface area contributed by atoms with Gasteiger partial charge in [-0.3, -0.25) is 9.59 Å². The Kier molecular flexibility index (Phi) is 3.24. The predicted octanol–water partition coefficient (Wildman–Crippen LogP) is 1.93. The number of aryl methyl sites for hydroxylation is 2. The largest absolute Gasteiger partial charge is 0.351 e. The molecule has 1 aliphatic heterocycles. The fourth-order valence-corrected chi connectivity index (χ4v) is 2.61. The minimum absolute atomic E-state index is 0.0443. The molecule has 1 atom stereocenters. The molecule has 2 amide bonds. The number of carbonyl (C=O) groups is 2. The van der Waals surface area contributed by atoms with Crippen molar-refractivity contribution in [3.63, 3.8) is 0 Å². The van der Waals surface area contributed by atoms with E-state index in [1.54, 1.807) is 4.90 Å². The standard InChI is InChI=1S/C16H20N2O2/c1-10-3-6-14(7-11(10)2)18-9-13(8-15(18)19)17-16(20)12-4-5-12/h3,6-7,12-13H,4-5,8-9H2,1-2H3,(H,17,20). The summed E-state index contributed by atoms with van der Waals surface area (Å²) in [5, 5.41) is 3.00. The van der Waals surface area contributed by atoms with E-state index in [-0.39, 0.29) is 23.8 Å². The molecule has 1 heterocycles. The summed E-state index contributed by atoms with van der Waals surface area (Å²) in [6.07, 6.45) is 2.39. The highest BCUT2D eigenvalue weighted by Crippen LogP contribution is 2.30. The van der Waals surface area contributed by atoms with E-state index in [0.717, 1.165) is 18.5 Å². The van der Waals surface area contributed by atoms with Crippen molar-refractivity contribution < 1.29 is 9.59 Å². The van der Waals surface area contributed by atoms with Gasteiger partial charge in [0, 0.05) is 24.6 Å². The summed E-state index contributed by atoms with van der Waals surface area (Å²) < 4.78 is 0. The molecule has 1 aromatic rings. The Bertz CT molecular complexity index is 564. The number of benzene rings is 1. The number of rotatable bonds is 3. The lowest BCUT2D eigenvalue weighted by molar-refractivity contribution is -0.122. The van der Waals surface area contributed by atoms with Gasteiger partial charge in [-0.15, -0.1) is 0 Å². The highest BCUT2D eigenvalue weighted by molar-refractivity contribution is 5.97. The summed E-state index contributed by atoms with van der Waals surface area (Å²) in [5.41, 5.74) is 3.33. The van der Waals surface area contributed by atoms with Crippen LogP contribution < -0.4 is 10.2 Å². The van der Waals surface area contributed by atoms with Crippen LogP contribution in [0.15, 0.2) is 18.2 Å². The Morgan fingerprint density at radius 3 is 2.65 bits per heavy atom. The Morgan fingerprint density at radius 2 is 2.00 bits per heavy atom. The third kappa shape index (κ3) is 2.55.